The zero-order valence-corrected chi connectivity index (χ0v) is 27.5. The van der Waals surface area contributed by atoms with Crippen molar-refractivity contribution in [3.8, 4) is 0 Å². The molecular weight excluding hydrogens is 594 g/mol. The largest absolute Gasteiger partial charge is 0.350 e. The molecule has 2 aliphatic rings. The maximum atomic E-state index is 13.6. The van der Waals surface area contributed by atoms with Crippen molar-refractivity contribution in [3.05, 3.63) is 89.2 Å². The minimum absolute atomic E-state index is 0.0615. The van der Waals surface area contributed by atoms with Crippen LogP contribution in [0.5, 0.6) is 0 Å². The fraction of sp³-hybridized carbons (Fsp3) is 0.472. The first-order chi connectivity index (χ1) is 22.8. The van der Waals surface area contributed by atoms with E-state index in [-0.39, 0.29) is 29.5 Å². The summed E-state index contributed by atoms with van der Waals surface area (Å²) in [5.41, 5.74) is 3.49. The number of carbonyl (C=O) groups excluding carboxylic acids is 4. The molecule has 2 fully saturated rings. The molecule has 1 unspecified atom stereocenters. The van der Waals surface area contributed by atoms with Crippen LogP contribution < -0.4 is 16.0 Å². The average molecular weight is 642 g/mol. The lowest BCUT2D eigenvalue weighted by Crippen LogP contribution is -2.55. The van der Waals surface area contributed by atoms with Crippen LogP contribution in [0.2, 0.25) is 0 Å². The number of aryl methyl sites for hydroxylation is 1. The molecule has 3 aromatic rings. The Balaban J connectivity index is 1.15. The molecule has 1 saturated carbocycles. The second-order valence-electron chi connectivity index (χ2n) is 12.6. The topological polar surface area (TPSA) is 129 Å². The number of rotatable bonds is 13. The summed E-state index contributed by atoms with van der Waals surface area (Å²) in [6.07, 6.45) is 6.14. The molecule has 5 rings (SSSR count). The molecule has 1 aliphatic carbocycles. The van der Waals surface area contributed by atoms with Gasteiger partial charge in [-0.05, 0) is 41.5 Å². The monoisotopic (exact) mass is 641 g/mol. The van der Waals surface area contributed by atoms with Gasteiger partial charge in [0, 0.05) is 65.4 Å². The van der Waals surface area contributed by atoms with Crippen molar-refractivity contribution in [2.45, 2.75) is 70.6 Å². The van der Waals surface area contributed by atoms with Crippen LogP contribution in [0.15, 0.2) is 66.9 Å². The number of aromatic nitrogens is 2. The summed E-state index contributed by atoms with van der Waals surface area (Å²) in [5.74, 6) is -0.636. The number of nitrogens with zero attached hydrogens (tertiary/aromatic N) is 4. The fourth-order valence-electron chi connectivity index (χ4n) is 6.51. The molecule has 0 radical (unpaired) electrons. The number of amides is 4. The summed E-state index contributed by atoms with van der Waals surface area (Å²) in [7, 11) is 1.70. The van der Waals surface area contributed by atoms with Gasteiger partial charge in [0.1, 0.15) is 17.8 Å². The number of piperazine rings is 1. The minimum Gasteiger partial charge on any atom is -0.350 e. The van der Waals surface area contributed by atoms with Gasteiger partial charge in [-0.15, -0.1) is 0 Å². The van der Waals surface area contributed by atoms with Gasteiger partial charge in [0.05, 0.1) is 0 Å². The summed E-state index contributed by atoms with van der Waals surface area (Å²) in [5, 5.41) is 13.0. The standard InChI is InChI=1S/C36H47N7O4/c1-3-32(44)39-30(36(47)43-21-19-42(20-22-43)25-28-9-5-4-6-10-28)23-26-13-15-27(16-14-26)24-37-35(46)33(29-11-7-8-12-29)40-34(45)31-17-18-38-41(31)2/h4-6,9-10,13-18,29-30,33H,3,7-8,11-12,19-25H2,1-2H3,(H,37,46)(H,39,44)(H,40,45)/t30-,33?/m1/s1. The van der Waals surface area contributed by atoms with Crippen LogP contribution >= 0.6 is 0 Å². The van der Waals surface area contributed by atoms with Gasteiger partial charge in [-0.3, -0.25) is 28.8 Å². The number of carbonyl (C=O) groups is 4. The molecule has 1 aromatic heterocycles. The van der Waals surface area contributed by atoms with Crippen LogP contribution in [0.4, 0.5) is 0 Å². The highest BCUT2D eigenvalue weighted by Gasteiger charge is 2.33. The van der Waals surface area contributed by atoms with Crippen molar-refractivity contribution < 1.29 is 19.2 Å². The quantitative estimate of drug-likeness (QED) is 0.263. The van der Waals surface area contributed by atoms with Gasteiger partial charge in [-0.2, -0.15) is 5.10 Å². The summed E-state index contributed by atoms with van der Waals surface area (Å²) < 4.78 is 1.50. The molecule has 3 N–H and O–H groups in total. The first kappa shape index (κ1) is 33.8. The highest BCUT2D eigenvalue weighted by molar-refractivity contribution is 5.96. The minimum atomic E-state index is -0.649. The van der Waals surface area contributed by atoms with Crippen molar-refractivity contribution in [1.82, 2.24) is 35.5 Å². The van der Waals surface area contributed by atoms with Crippen molar-refractivity contribution in [3.63, 3.8) is 0 Å². The lowest BCUT2D eigenvalue weighted by molar-refractivity contribution is -0.138. The molecule has 4 amide bonds. The van der Waals surface area contributed by atoms with Crippen LogP contribution in [-0.2, 0) is 40.9 Å². The predicted octanol–water partition coefficient (Wildman–Crippen LogP) is 2.81. The van der Waals surface area contributed by atoms with Gasteiger partial charge in [-0.25, -0.2) is 0 Å². The maximum absolute atomic E-state index is 13.6. The van der Waals surface area contributed by atoms with E-state index in [1.165, 1.54) is 10.2 Å². The van der Waals surface area contributed by atoms with Crippen molar-refractivity contribution in [2.75, 3.05) is 26.2 Å². The normalized spacial score (nSPS) is 16.8. The van der Waals surface area contributed by atoms with E-state index >= 15 is 0 Å². The van der Waals surface area contributed by atoms with E-state index in [9.17, 15) is 19.2 Å². The van der Waals surface area contributed by atoms with E-state index in [2.05, 4.69) is 38.1 Å². The van der Waals surface area contributed by atoms with E-state index in [4.69, 9.17) is 0 Å². The Kier molecular flexibility index (Phi) is 11.8. The number of nitrogens with one attached hydrogen (secondary N) is 3. The Bertz CT molecular complexity index is 1490. The van der Waals surface area contributed by atoms with Gasteiger partial charge < -0.3 is 20.9 Å². The van der Waals surface area contributed by atoms with Crippen molar-refractivity contribution >= 4 is 23.6 Å². The van der Waals surface area contributed by atoms with Gasteiger partial charge in [-0.1, -0.05) is 74.4 Å². The molecule has 11 heteroatoms. The Labute approximate surface area is 277 Å². The maximum Gasteiger partial charge on any atom is 0.270 e. The first-order valence-corrected chi connectivity index (χ1v) is 16.8. The van der Waals surface area contributed by atoms with Crippen LogP contribution in [0.25, 0.3) is 0 Å². The molecule has 250 valence electrons. The summed E-state index contributed by atoms with van der Waals surface area (Å²) in [6.45, 7) is 5.75. The lowest BCUT2D eigenvalue weighted by Gasteiger charge is -2.36. The molecule has 47 heavy (non-hydrogen) atoms. The summed E-state index contributed by atoms with van der Waals surface area (Å²) >= 11 is 0. The second kappa shape index (κ2) is 16.4. The smallest absolute Gasteiger partial charge is 0.270 e. The van der Waals surface area contributed by atoms with E-state index in [0.717, 1.165) is 56.4 Å². The lowest BCUT2D eigenvalue weighted by atomic mass is 9.97. The van der Waals surface area contributed by atoms with Gasteiger partial charge in [0.25, 0.3) is 5.91 Å². The number of benzene rings is 2. The number of hydrogen-bond acceptors (Lipinski definition) is 6. The zero-order chi connectivity index (χ0) is 33.2. The van der Waals surface area contributed by atoms with Gasteiger partial charge in [0.2, 0.25) is 17.7 Å². The van der Waals surface area contributed by atoms with E-state index in [1.54, 1.807) is 26.2 Å². The third-order valence-electron chi connectivity index (χ3n) is 9.31. The van der Waals surface area contributed by atoms with Crippen LogP contribution in [0.1, 0.15) is 66.2 Å². The van der Waals surface area contributed by atoms with Gasteiger partial charge >= 0.3 is 0 Å². The zero-order valence-electron chi connectivity index (χ0n) is 27.5. The molecule has 2 atom stereocenters. The Morgan fingerprint density at radius 1 is 0.851 bits per heavy atom. The van der Waals surface area contributed by atoms with Crippen LogP contribution in [0, 0.1) is 5.92 Å². The third-order valence-corrected chi connectivity index (χ3v) is 9.31. The Morgan fingerprint density at radius 2 is 1.53 bits per heavy atom. The molecule has 1 saturated heterocycles. The van der Waals surface area contributed by atoms with E-state index in [1.807, 2.05) is 47.4 Å². The van der Waals surface area contributed by atoms with Crippen LogP contribution in [-0.4, -0.2) is 81.5 Å². The fourth-order valence-corrected chi connectivity index (χ4v) is 6.51. The predicted molar refractivity (Wildman–Crippen MR) is 179 cm³/mol. The molecule has 1 aliphatic heterocycles. The van der Waals surface area contributed by atoms with E-state index in [0.29, 0.717) is 38.2 Å². The van der Waals surface area contributed by atoms with Crippen molar-refractivity contribution in [2.24, 2.45) is 13.0 Å². The summed E-state index contributed by atoms with van der Waals surface area (Å²) in [4.78, 5) is 56.5. The third kappa shape index (κ3) is 9.28. The van der Waals surface area contributed by atoms with E-state index < -0.39 is 12.1 Å². The average Bonchev–Trinajstić information content (AvgIpc) is 3.79. The van der Waals surface area contributed by atoms with Crippen LogP contribution in [0.3, 0.4) is 0 Å². The highest BCUT2D eigenvalue weighted by atomic mass is 16.2. The Morgan fingerprint density at radius 3 is 2.17 bits per heavy atom. The van der Waals surface area contributed by atoms with Gasteiger partial charge in [0.15, 0.2) is 0 Å². The molecule has 11 nitrogen and oxygen atoms in total. The SMILES string of the molecule is CCC(=O)N[C@H](Cc1ccc(CNC(=O)C(NC(=O)c2ccnn2C)C2CCCC2)cc1)C(=O)N1CCN(Cc2ccccc2)CC1. The first-order valence-electron chi connectivity index (χ1n) is 16.8. The Hall–Kier alpha value is -4.51. The summed E-state index contributed by atoms with van der Waals surface area (Å²) in [6, 6.07) is 18.4. The molecular formula is C36H47N7O4. The molecule has 0 bridgehead atoms. The second-order valence-corrected chi connectivity index (χ2v) is 12.6. The molecule has 0 spiro atoms. The van der Waals surface area contributed by atoms with Crippen molar-refractivity contribution in [1.29, 1.82) is 0 Å². The molecule has 2 heterocycles. The number of hydrogen-bond donors (Lipinski definition) is 3. The molecule has 2 aromatic carbocycles. The highest BCUT2D eigenvalue weighted by Crippen LogP contribution is 2.28.